The topological polar surface area (TPSA) is 96.8 Å². The van der Waals surface area contributed by atoms with E-state index in [-0.39, 0.29) is 16.9 Å². The third-order valence-corrected chi connectivity index (χ3v) is 5.42. The van der Waals surface area contributed by atoms with Crippen LogP contribution in [-0.4, -0.2) is 44.4 Å². The van der Waals surface area contributed by atoms with Gasteiger partial charge in [0.25, 0.3) is 0 Å². The van der Waals surface area contributed by atoms with Crippen LogP contribution in [0, 0.1) is 0 Å². The van der Waals surface area contributed by atoms with E-state index in [1.165, 1.54) is 16.3 Å². The van der Waals surface area contributed by atoms with E-state index in [4.69, 9.17) is 23.2 Å². The molecule has 29 heavy (non-hydrogen) atoms. The Bertz CT molecular complexity index is 1140. The number of nitrogens with zero attached hydrogens (tertiary/aromatic N) is 5. The lowest BCUT2D eigenvalue weighted by atomic mass is 10.2. The van der Waals surface area contributed by atoms with Crippen molar-refractivity contribution < 1.29 is 0 Å². The van der Waals surface area contributed by atoms with E-state index in [0.29, 0.717) is 27.7 Å². The monoisotopic (exact) mass is 454 g/mol. The molecule has 11 heteroatoms. The fourth-order valence-electron chi connectivity index (χ4n) is 2.74. The number of aromatic nitrogens is 5. The summed E-state index contributed by atoms with van der Waals surface area (Å²) in [7, 11) is 3.64. The van der Waals surface area contributed by atoms with Crippen LogP contribution in [0.4, 0.5) is 5.82 Å². The summed E-state index contributed by atoms with van der Waals surface area (Å²) in [6.45, 7) is 2.19. The molecular weight excluding hydrogens is 435 g/mol. The lowest BCUT2D eigenvalue weighted by Gasteiger charge is -2.17. The molecule has 0 aromatic carbocycles. The normalized spacial score (nSPS) is 11.2. The number of hydrogen-bond donors (Lipinski definition) is 1. The molecule has 1 N–H and O–H groups in total. The SMILES string of the molecule is CCCCSc1nc(N(C)C)c2[nH]c(=O)c(=O)n(Cc3cc(Cl)nc(Cl)c3)c2n1. The van der Waals surface area contributed by atoms with Crippen LogP contribution in [0.25, 0.3) is 11.2 Å². The highest BCUT2D eigenvalue weighted by atomic mass is 35.5. The van der Waals surface area contributed by atoms with Gasteiger partial charge in [0.1, 0.15) is 15.8 Å². The molecule has 3 heterocycles. The number of hydrogen-bond acceptors (Lipinski definition) is 7. The highest BCUT2D eigenvalue weighted by Gasteiger charge is 2.17. The van der Waals surface area contributed by atoms with Gasteiger partial charge in [-0.1, -0.05) is 48.3 Å². The Morgan fingerprint density at radius 2 is 1.83 bits per heavy atom. The first-order valence-electron chi connectivity index (χ1n) is 8.97. The lowest BCUT2D eigenvalue weighted by molar-refractivity contribution is 0.751. The van der Waals surface area contributed by atoms with Crippen molar-refractivity contribution in [1.29, 1.82) is 0 Å². The van der Waals surface area contributed by atoms with Gasteiger partial charge in [0, 0.05) is 19.8 Å². The van der Waals surface area contributed by atoms with Gasteiger partial charge in [-0.3, -0.25) is 14.2 Å². The first-order valence-corrected chi connectivity index (χ1v) is 10.7. The Hall–Kier alpha value is -2.10. The molecular formula is C18H20Cl2N6O2S. The van der Waals surface area contributed by atoms with E-state index in [0.717, 1.165) is 18.6 Å². The van der Waals surface area contributed by atoms with Crippen molar-refractivity contribution in [2.75, 3.05) is 24.7 Å². The van der Waals surface area contributed by atoms with Gasteiger partial charge >= 0.3 is 11.1 Å². The zero-order valence-electron chi connectivity index (χ0n) is 16.2. The fraction of sp³-hybridized carbons (Fsp3) is 0.389. The van der Waals surface area contributed by atoms with Crippen molar-refractivity contribution in [2.24, 2.45) is 0 Å². The van der Waals surface area contributed by atoms with Crippen LogP contribution in [-0.2, 0) is 6.54 Å². The summed E-state index contributed by atoms with van der Waals surface area (Å²) in [6.07, 6.45) is 2.08. The zero-order valence-corrected chi connectivity index (χ0v) is 18.5. The number of fused-ring (bicyclic) bond motifs is 1. The molecule has 0 unspecified atom stereocenters. The van der Waals surface area contributed by atoms with Crippen LogP contribution in [0.15, 0.2) is 26.9 Å². The van der Waals surface area contributed by atoms with Gasteiger partial charge < -0.3 is 9.88 Å². The van der Waals surface area contributed by atoms with Gasteiger partial charge in [-0.15, -0.1) is 0 Å². The van der Waals surface area contributed by atoms with Crippen molar-refractivity contribution >= 4 is 51.9 Å². The molecule has 0 saturated carbocycles. The molecule has 0 fully saturated rings. The number of nitrogens with one attached hydrogen (secondary N) is 1. The van der Waals surface area contributed by atoms with E-state index in [9.17, 15) is 9.59 Å². The van der Waals surface area contributed by atoms with Crippen molar-refractivity contribution in [2.45, 2.75) is 31.5 Å². The third kappa shape index (κ3) is 4.91. The van der Waals surface area contributed by atoms with E-state index in [1.807, 2.05) is 14.1 Å². The van der Waals surface area contributed by atoms with Crippen molar-refractivity contribution in [3.8, 4) is 0 Å². The van der Waals surface area contributed by atoms with Gasteiger partial charge in [-0.25, -0.2) is 15.0 Å². The number of anilines is 1. The summed E-state index contributed by atoms with van der Waals surface area (Å²) >= 11 is 13.5. The molecule has 0 saturated heterocycles. The van der Waals surface area contributed by atoms with Crippen LogP contribution in [0.5, 0.6) is 0 Å². The summed E-state index contributed by atoms with van der Waals surface area (Å²) < 4.78 is 1.31. The number of unbranched alkanes of at least 4 members (excludes halogenated alkanes) is 1. The Labute approximate surface area is 181 Å². The maximum Gasteiger partial charge on any atom is 0.318 e. The minimum Gasteiger partial charge on any atom is -0.361 e. The molecule has 3 aromatic rings. The van der Waals surface area contributed by atoms with E-state index < -0.39 is 11.1 Å². The van der Waals surface area contributed by atoms with Crippen LogP contribution < -0.4 is 16.0 Å². The quantitative estimate of drug-likeness (QED) is 0.192. The summed E-state index contributed by atoms with van der Waals surface area (Å²) in [5.41, 5.74) is -0.0902. The second kappa shape index (κ2) is 9.15. The maximum absolute atomic E-state index is 12.7. The summed E-state index contributed by atoms with van der Waals surface area (Å²) in [5.74, 6) is 1.39. The molecule has 0 bridgehead atoms. The lowest BCUT2D eigenvalue weighted by Crippen LogP contribution is -2.37. The largest absolute Gasteiger partial charge is 0.361 e. The Morgan fingerprint density at radius 3 is 2.45 bits per heavy atom. The number of aromatic amines is 1. The Kier molecular flexibility index (Phi) is 6.81. The Morgan fingerprint density at radius 1 is 1.14 bits per heavy atom. The molecule has 8 nitrogen and oxygen atoms in total. The molecule has 0 aliphatic carbocycles. The molecule has 3 rings (SSSR count). The second-order valence-corrected chi connectivity index (χ2v) is 8.43. The highest BCUT2D eigenvalue weighted by molar-refractivity contribution is 7.99. The number of pyridine rings is 1. The van der Waals surface area contributed by atoms with Crippen LogP contribution in [0.2, 0.25) is 10.3 Å². The minimum atomic E-state index is -0.748. The number of H-pyrrole nitrogens is 1. The predicted octanol–water partition coefficient (Wildman–Crippen LogP) is 3.19. The summed E-state index contributed by atoms with van der Waals surface area (Å²) in [4.78, 5) is 42.4. The molecule has 0 radical (unpaired) electrons. The molecule has 3 aromatic heterocycles. The average molecular weight is 455 g/mol. The maximum atomic E-state index is 12.7. The van der Waals surface area contributed by atoms with E-state index in [2.05, 4.69) is 26.9 Å². The molecule has 0 aliphatic heterocycles. The summed E-state index contributed by atoms with van der Waals surface area (Å²) in [5, 5.41) is 0.948. The molecule has 154 valence electrons. The molecule has 0 atom stereocenters. The molecule has 0 aliphatic rings. The number of halogens is 2. The van der Waals surface area contributed by atoms with Gasteiger partial charge in [0.05, 0.1) is 6.54 Å². The van der Waals surface area contributed by atoms with E-state index in [1.54, 1.807) is 17.0 Å². The predicted molar refractivity (Wildman–Crippen MR) is 118 cm³/mol. The van der Waals surface area contributed by atoms with Gasteiger partial charge in [-0.05, 0) is 24.1 Å². The summed E-state index contributed by atoms with van der Waals surface area (Å²) in [6, 6.07) is 3.19. The second-order valence-electron chi connectivity index (χ2n) is 6.59. The van der Waals surface area contributed by atoms with Crippen molar-refractivity contribution in [3.05, 3.63) is 48.7 Å². The highest BCUT2D eigenvalue weighted by Crippen LogP contribution is 2.25. The number of thioether (sulfide) groups is 1. The minimum absolute atomic E-state index is 0.0736. The van der Waals surface area contributed by atoms with Crippen LogP contribution >= 0.6 is 35.0 Å². The first kappa shape index (κ1) is 21.6. The van der Waals surface area contributed by atoms with Gasteiger partial charge in [-0.2, -0.15) is 0 Å². The number of rotatable bonds is 7. The first-order chi connectivity index (χ1) is 13.8. The van der Waals surface area contributed by atoms with Crippen molar-refractivity contribution in [3.63, 3.8) is 0 Å². The van der Waals surface area contributed by atoms with Gasteiger partial charge in [0.15, 0.2) is 16.6 Å². The smallest absolute Gasteiger partial charge is 0.318 e. The Balaban J connectivity index is 2.22. The zero-order chi connectivity index (χ0) is 21.1. The van der Waals surface area contributed by atoms with Crippen molar-refractivity contribution in [1.82, 2.24) is 24.5 Å². The van der Waals surface area contributed by atoms with Crippen LogP contribution in [0.1, 0.15) is 25.3 Å². The fourth-order valence-corrected chi connectivity index (χ4v) is 4.16. The third-order valence-electron chi connectivity index (χ3n) is 4.10. The average Bonchev–Trinajstić information content (AvgIpc) is 2.64. The molecule has 0 spiro atoms. The van der Waals surface area contributed by atoms with Crippen LogP contribution in [0.3, 0.4) is 0 Å². The standard InChI is InChI=1S/C18H20Cl2N6O2S/c1-4-5-6-29-18-23-14(25(2)3)13-15(24-18)26(17(28)16(27)22-13)9-10-7-11(19)21-12(20)8-10/h7-8H,4-6,9H2,1-3H3,(H,22,27). The molecule has 0 amide bonds. The van der Waals surface area contributed by atoms with E-state index >= 15 is 0 Å². The van der Waals surface area contributed by atoms with Gasteiger partial charge in [0.2, 0.25) is 0 Å².